The Morgan fingerprint density at radius 2 is 1.79 bits per heavy atom. The number of ether oxygens (including phenoxy) is 3. The highest BCUT2D eigenvalue weighted by atomic mass is 16.5. The van der Waals surface area contributed by atoms with Gasteiger partial charge in [0.05, 0.1) is 39.6 Å². The number of methoxy groups -OCH3 is 3. The summed E-state index contributed by atoms with van der Waals surface area (Å²) in [4.78, 5) is 0. The fourth-order valence-electron chi connectivity index (χ4n) is 1.74. The summed E-state index contributed by atoms with van der Waals surface area (Å²) in [6.45, 7) is 0.246. The lowest BCUT2D eigenvalue weighted by Gasteiger charge is -2.19. The van der Waals surface area contributed by atoms with E-state index >= 15 is 0 Å². The largest absolute Gasteiger partial charge is 0.496 e. The molecule has 0 heterocycles. The number of rotatable bonds is 7. The lowest BCUT2D eigenvalue weighted by Crippen LogP contribution is -2.24. The molecule has 0 aliphatic carbocycles. The zero-order valence-electron chi connectivity index (χ0n) is 11.3. The number of hydrogen-bond acceptors (Lipinski definition) is 6. The standard InChI is InChI=1S/C13H18N2O4/c1-17-9-6-11(18-2)13(12(7-9)19-3)10(8-14)15-4-5-16/h6-7,10,15-16H,4-5H2,1-3H3. The predicted octanol–water partition coefficient (Wildman–Crippen LogP) is 0.859. The van der Waals surface area contributed by atoms with Crippen LogP contribution < -0.4 is 19.5 Å². The van der Waals surface area contributed by atoms with Gasteiger partial charge in [-0.2, -0.15) is 5.26 Å². The van der Waals surface area contributed by atoms with E-state index in [1.54, 1.807) is 19.2 Å². The molecule has 1 unspecified atom stereocenters. The Bertz CT molecular complexity index is 431. The Hall–Kier alpha value is -1.97. The fourth-order valence-corrected chi connectivity index (χ4v) is 1.74. The molecule has 0 amide bonds. The molecule has 0 aliphatic heterocycles. The van der Waals surface area contributed by atoms with Gasteiger partial charge in [0, 0.05) is 18.7 Å². The van der Waals surface area contributed by atoms with Crippen LogP contribution in [-0.2, 0) is 0 Å². The minimum atomic E-state index is -0.636. The van der Waals surface area contributed by atoms with E-state index in [2.05, 4.69) is 11.4 Å². The van der Waals surface area contributed by atoms with Crippen molar-refractivity contribution in [1.29, 1.82) is 5.26 Å². The normalized spacial score (nSPS) is 11.5. The van der Waals surface area contributed by atoms with Crippen LogP contribution in [0, 0.1) is 11.3 Å². The van der Waals surface area contributed by atoms with Crippen LogP contribution in [0.2, 0.25) is 0 Å². The van der Waals surface area contributed by atoms with Gasteiger partial charge in [-0.3, -0.25) is 5.32 Å². The van der Waals surface area contributed by atoms with Crippen molar-refractivity contribution >= 4 is 0 Å². The molecule has 6 heteroatoms. The monoisotopic (exact) mass is 266 g/mol. The van der Waals surface area contributed by atoms with Gasteiger partial charge in [0.25, 0.3) is 0 Å². The van der Waals surface area contributed by atoms with E-state index in [4.69, 9.17) is 19.3 Å². The highest BCUT2D eigenvalue weighted by molar-refractivity contribution is 5.53. The first-order chi connectivity index (χ1) is 9.21. The van der Waals surface area contributed by atoms with E-state index in [1.165, 1.54) is 14.2 Å². The number of nitriles is 1. The molecule has 19 heavy (non-hydrogen) atoms. The summed E-state index contributed by atoms with van der Waals surface area (Å²) in [6.07, 6.45) is 0. The molecule has 0 spiro atoms. The van der Waals surface area contributed by atoms with Crippen molar-refractivity contribution in [3.63, 3.8) is 0 Å². The molecular weight excluding hydrogens is 248 g/mol. The molecule has 0 bridgehead atoms. The van der Waals surface area contributed by atoms with E-state index in [1.807, 2.05) is 0 Å². The predicted molar refractivity (Wildman–Crippen MR) is 69.5 cm³/mol. The van der Waals surface area contributed by atoms with Gasteiger partial charge in [-0.1, -0.05) is 0 Å². The molecule has 1 aromatic rings. The Balaban J connectivity index is 3.25. The maximum Gasteiger partial charge on any atom is 0.132 e. The smallest absolute Gasteiger partial charge is 0.132 e. The zero-order valence-corrected chi connectivity index (χ0v) is 11.3. The molecule has 1 rings (SSSR count). The Kier molecular flexibility index (Phi) is 5.93. The number of nitrogens with zero attached hydrogens (tertiary/aromatic N) is 1. The molecule has 104 valence electrons. The Morgan fingerprint density at radius 3 is 2.16 bits per heavy atom. The summed E-state index contributed by atoms with van der Waals surface area (Å²) in [5.41, 5.74) is 0.585. The van der Waals surface area contributed by atoms with Gasteiger partial charge in [-0.25, -0.2) is 0 Å². The van der Waals surface area contributed by atoms with Gasteiger partial charge < -0.3 is 19.3 Å². The minimum absolute atomic E-state index is 0.0566. The molecule has 0 aromatic heterocycles. The Morgan fingerprint density at radius 1 is 1.21 bits per heavy atom. The van der Waals surface area contributed by atoms with Crippen molar-refractivity contribution in [2.45, 2.75) is 6.04 Å². The highest BCUT2D eigenvalue weighted by Crippen LogP contribution is 2.37. The van der Waals surface area contributed by atoms with Crippen LogP contribution in [0.1, 0.15) is 11.6 Å². The Labute approximate surface area is 112 Å². The van der Waals surface area contributed by atoms with Gasteiger partial charge in [0.15, 0.2) is 0 Å². The third-order valence-electron chi connectivity index (χ3n) is 2.63. The molecule has 0 aliphatic rings. The molecule has 1 aromatic carbocycles. The van der Waals surface area contributed by atoms with Crippen LogP contribution in [0.25, 0.3) is 0 Å². The third kappa shape index (κ3) is 3.50. The third-order valence-corrected chi connectivity index (χ3v) is 2.63. The van der Waals surface area contributed by atoms with Gasteiger partial charge in [-0.05, 0) is 0 Å². The maximum absolute atomic E-state index is 9.24. The van der Waals surface area contributed by atoms with Gasteiger partial charge in [-0.15, -0.1) is 0 Å². The van der Waals surface area contributed by atoms with Crippen LogP contribution in [0.5, 0.6) is 17.2 Å². The number of hydrogen-bond donors (Lipinski definition) is 2. The van der Waals surface area contributed by atoms with Crippen molar-refractivity contribution in [2.24, 2.45) is 0 Å². The average molecular weight is 266 g/mol. The van der Waals surface area contributed by atoms with Crippen LogP contribution in [0.3, 0.4) is 0 Å². The van der Waals surface area contributed by atoms with Crippen molar-refractivity contribution in [3.8, 4) is 23.3 Å². The van der Waals surface area contributed by atoms with Crippen molar-refractivity contribution in [1.82, 2.24) is 5.32 Å². The summed E-state index contributed by atoms with van der Waals surface area (Å²) < 4.78 is 15.7. The van der Waals surface area contributed by atoms with Gasteiger partial charge in [0.1, 0.15) is 23.3 Å². The maximum atomic E-state index is 9.24. The lowest BCUT2D eigenvalue weighted by atomic mass is 10.0. The average Bonchev–Trinajstić information content (AvgIpc) is 2.47. The van der Waals surface area contributed by atoms with Crippen LogP contribution in [-0.4, -0.2) is 39.6 Å². The summed E-state index contributed by atoms with van der Waals surface area (Å²) in [6, 6.07) is 4.85. The van der Waals surface area contributed by atoms with Crippen LogP contribution in [0.4, 0.5) is 0 Å². The summed E-state index contributed by atoms with van der Waals surface area (Å²) >= 11 is 0. The molecule has 0 saturated carbocycles. The minimum Gasteiger partial charge on any atom is -0.496 e. The molecule has 0 fully saturated rings. The first-order valence-corrected chi connectivity index (χ1v) is 5.75. The second-order valence-electron chi connectivity index (χ2n) is 3.69. The highest BCUT2D eigenvalue weighted by Gasteiger charge is 2.21. The number of aliphatic hydroxyl groups is 1. The fraction of sp³-hybridized carbons (Fsp3) is 0.462. The van der Waals surface area contributed by atoms with E-state index < -0.39 is 6.04 Å². The summed E-state index contributed by atoms with van der Waals surface area (Å²) in [7, 11) is 4.57. The molecule has 1 atom stereocenters. The van der Waals surface area contributed by atoms with Gasteiger partial charge in [0.2, 0.25) is 0 Å². The van der Waals surface area contributed by atoms with E-state index in [-0.39, 0.29) is 6.61 Å². The molecule has 0 radical (unpaired) electrons. The number of nitrogens with one attached hydrogen (secondary N) is 1. The summed E-state index contributed by atoms with van der Waals surface area (Å²) in [5.74, 6) is 1.57. The van der Waals surface area contributed by atoms with Gasteiger partial charge >= 0.3 is 0 Å². The first-order valence-electron chi connectivity index (χ1n) is 5.75. The topological polar surface area (TPSA) is 83.7 Å². The van der Waals surface area contributed by atoms with Crippen molar-refractivity contribution in [2.75, 3.05) is 34.5 Å². The van der Waals surface area contributed by atoms with E-state index in [0.29, 0.717) is 29.4 Å². The number of benzene rings is 1. The summed E-state index contributed by atoms with van der Waals surface area (Å²) in [5, 5.41) is 21.0. The zero-order chi connectivity index (χ0) is 14.3. The van der Waals surface area contributed by atoms with Crippen molar-refractivity contribution < 1.29 is 19.3 Å². The van der Waals surface area contributed by atoms with Crippen molar-refractivity contribution in [3.05, 3.63) is 17.7 Å². The van der Waals surface area contributed by atoms with E-state index in [0.717, 1.165) is 0 Å². The number of aliphatic hydroxyl groups excluding tert-OH is 1. The molecule has 2 N–H and O–H groups in total. The second-order valence-corrected chi connectivity index (χ2v) is 3.69. The van der Waals surface area contributed by atoms with Crippen LogP contribution >= 0.6 is 0 Å². The molecule has 6 nitrogen and oxygen atoms in total. The first kappa shape index (κ1) is 15.1. The van der Waals surface area contributed by atoms with E-state index in [9.17, 15) is 5.26 Å². The molecule has 0 saturated heterocycles. The van der Waals surface area contributed by atoms with Crippen LogP contribution in [0.15, 0.2) is 12.1 Å². The quantitative estimate of drug-likeness (QED) is 0.761. The SMILES string of the molecule is COc1cc(OC)c(C(C#N)NCCO)c(OC)c1. The molecular formula is C13H18N2O4. The second kappa shape index (κ2) is 7.46. The lowest BCUT2D eigenvalue weighted by molar-refractivity contribution is 0.287.